The second kappa shape index (κ2) is 9.71. The summed E-state index contributed by atoms with van der Waals surface area (Å²) >= 11 is 0. The highest BCUT2D eigenvalue weighted by atomic mass is 16.3. The number of aromatic nitrogens is 1. The lowest BCUT2D eigenvalue weighted by molar-refractivity contribution is 0.663. The lowest BCUT2D eigenvalue weighted by Crippen LogP contribution is -1.98. The molecule has 0 saturated carbocycles. The maximum atomic E-state index is 9.96. The molecule has 47 heavy (non-hydrogen) atoms. The van der Waals surface area contributed by atoms with Crippen molar-refractivity contribution in [3.8, 4) is 34.0 Å². The standard InChI is InChI=1S/C43H24N2O2/c44-25-26-14-17-30(37(22-26)45-35-12-6-4-10-31(35)32-11-5-7-13-36(32)45)29-16-19-39-34(24-29)43-41(47-39)21-20-40-42(43)33-23-28(15-18-38(33)46-40)27-8-2-1-3-9-27/h1-24H. The summed E-state index contributed by atoms with van der Waals surface area (Å²) in [6.45, 7) is 0. The lowest BCUT2D eigenvalue weighted by atomic mass is 9.97. The van der Waals surface area contributed by atoms with Gasteiger partial charge in [0.05, 0.1) is 28.4 Å². The zero-order valence-electron chi connectivity index (χ0n) is 25.1. The molecule has 0 atom stereocenters. The van der Waals surface area contributed by atoms with Crippen molar-refractivity contribution < 1.29 is 8.83 Å². The Morgan fingerprint density at radius 1 is 0.447 bits per heavy atom. The molecule has 4 nitrogen and oxygen atoms in total. The highest BCUT2D eigenvalue weighted by Gasteiger charge is 2.20. The van der Waals surface area contributed by atoms with Crippen molar-refractivity contribution in [2.75, 3.05) is 0 Å². The molecule has 0 N–H and O–H groups in total. The SMILES string of the molecule is N#Cc1ccc(-c2ccc3oc4ccc5oc6ccc(-c7ccccc7)cc6c5c4c3c2)c(-n2c3ccccc3c3ccccc32)c1. The molecule has 0 radical (unpaired) electrons. The molecule has 0 spiro atoms. The number of rotatable bonds is 3. The first-order chi connectivity index (χ1) is 23.2. The molecule has 0 fully saturated rings. The van der Waals surface area contributed by atoms with E-state index in [-0.39, 0.29) is 0 Å². The van der Waals surface area contributed by atoms with Gasteiger partial charge < -0.3 is 13.4 Å². The maximum absolute atomic E-state index is 9.96. The second-order valence-corrected chi connectivity index (χ2v) is 12.0. The first kappa shape index (κ1) is 25.7. The second-order valence-electron chi connectivity index (χ2n) is 12.0. The van der Waals surface area contributed by atoms with Crippen LogP contribution in [0.15, 0.2) is 154 Å². The molecule has 0 aliphatic carbocycles. The van der Waals surface area contributed by atoms with Crippen molar-refractivity contribution in [2.45, 2.75) is 0 Å². The number of hydrogen-bond acceptors (Lipinski definition) is 3. The Labute approximate surface area is 268 Å². The molecule has 3 aromatic heterocycles. The quantitative estimate of drug-likeness (QED) is 0.203. The molecule has 10 rings (SSSR count). The smallest absolute Gasteiger partial charge is 0.136 e. The molecule has 0 unspecified atom stereocenters. The Hall–Kier alpha value is -6.57. The third-order valence-electron chi connectivity index (χ3n) is 9.43. The molecule has 7 aromatic carbocycles. The molecule has 3 heterocycles. The molecule has 10 aromatic rings. The van der Waals surface area contributed by atoms with Crippen molar-refractivity contribution >= 4 is 65.7 Å². The Morgan fingerprint density at radius 3 is 1.64 bits per heavy atom. The fourth-order valence-corrected chi connectivity index (χ4v) is 7.33. The minimum Gasteiger partial charge on any atom is -0.456 e. The Morgan fingerprint density at radius 2 is 1.00 bits per heavy atom. The first-order valence-electron chi connectivity index (χ1n) is 15.7. The molecular weight excluding hydrogens is 576 g/mol. The van der Waals surface area contributed by atoms with E-state index >= 15 is 0 Å². The van der Waals surface area contributed by atoms with Gasteiger partial charge >= 0.3 is 0 Å². The summed E-state index contributed by atoms with van der Waals surface area (Å²) < 4.78 is 15.1. The fraction of sp³-hybridized carbons (Fsp3) is 0. The van der Waals surface area contributed by atoms with E-state index in [0.29, 0.717) is 5.56 Å². The van der Waals surface area contributed by atoms with Crippen molar-refractivity contribution in [1.29, 1.82) is 5.26 Å². The topological polar surface area (TPSA) is 55.0 Å². The fourth-order valence-electron chi connectivity index (χ4n) is 7.33. The number of furan rings is 2. The minimum absolute atomic E-state index is 0.612. The van der Waals surface area contributed by atoms with Crippen molar-refractivity contribution in [3.63, 3.8) is 0 Å². The summed E-state index contributed by atoms with van der Waals surface area (Å²) in [5, 5.41) is 16.5. The van der Waals surface area contributed by atoms with E-state index < -0.39 is 0 Å². The predicted octanol–water partition coefficient (Wildman–Crippen LogP) is 11.8. The van der Waals surface area contributed by atoms with Crippen LogP contribution in [0.1, 0.15) is 5.56 Å². The van der Waals surface area contributed by atoms with Gasteiger partial charge in [-0.1, -0.05) is 84.9 Å². The van der Waals surface area contributed by atoms with Crippen LogP contribution in [0.4, 0.5) is 0 Å². The average molecular weight is 601 g/mol. The summed E-state index contributed by atoms with van der Waals surface area (Å²) in [6, 6.07) is 52.5. The van der Waals surface area contributed by atoms with Gasteiger partial charge in [-0.05, 0) is 77.4 Å². The van der Waals surface area contributed by atoms with Gasteiger partial charge in [-0.2, -0.15) is 5.26 Å². The Kier molecular flexibility index (Phi) is 5.32. The van der Waals surface area contributed by atoms with Crippen molar-refractivity contribution in [1.82, 2.24) is 4.57 Å². The lowest BCUT2D eigenvalue weighted by Gasteiger charge is -2.15. The normalized spacial score (nSPS) is 11.8. The van der Waals surface area contributed by atoms with E-state index in [1.54, 1.807) is 0 Å². The van der Waals surface area contributed by atoms with Crippen LogP contribution in [-0.4, -0.2) is 4.57 Å². The number of benzene rings is 7. The van der Waals surface area contributed by atoms with E-state index in [1.165, 1.54) is 10.8 Å². The van der Waals surface area contributed by atoms with Crippen molar-refractivity contribution in [3.05, 3.63) is 151 Å². The highest BCUT2D eigenvalue weighted by Crippen LogP contribution is 2.43. The minimum atomic E-state index is 0.612. The van der Waals surface area contributed by atoms with Crippen molar-refractivity contribution in [2.24, 2.45) is 0 Å². The highest BCUT2D eigenvalue weighted by molar-refractivity contribution is 6.26. The number of nitriles is 1. The van der Waals surface area contributed by atoms with Gasteiger partial charge in [0, 0.05) is 37.9 Å². The van der Waals surface area contributed by atoms with Gasteiger partial charge in [-0.25, -0.2) is 0 Å². The molecule has 218 valence electrons. The number of hydrogen-bond donors (Lipinski definition) is 0. The van der Waals surface area contributed by atoms with Gasteiger partial charge in [0.15, 0.2) is 0 Å². The molecule has 0 aliphatic rings. The van der Waals surface area contributed by atoms with E-state index in [2.05, 4.69) is 126 Å². The van der Waals surface area contributed by atoms with E-state index in [9.17, 15) is 5.26 Å². The van der Waals surface area contributed by atoms with E-state index in [4.69, 9.17) is 8.83 Å². The molecule has 4 heteroatoms. The maximum Gasteiger partial charge on any atom is 0.136 e. The largest absolute Gasteiger partial charge is 0.456 e. The van der Waals surface area contributed by atoms with Crippen LogP contribution in [0, 0.1) is 11.3 Å². The van der Waals surface area contributed by atoms with E-state index in [0.717, 1.165) is 82.9 Å². The van der Waals surface area contributed by atoms with Crippen LogP contribution >= 0.6 is 0 Å². The van der Waals surface area contributed by atoms with E-state index in [1.807, 2.05) is 30.3 Å². The summed E-state index contributed by atoms with van der Waals surface area (Å²) in [6.07, 6.45) is 0. The Bertz CT molecular complexity index is 2860. The molecule has 0 bridgehead atoms. The van der Waals surface area contributed by atoms with Crippen LogP contribution in [0.25, 0.3) is 93.6 Å². The zero-order chi connectivity index (χ0) is 31.1. The molecular formula is C43H24N2O2. The summed E-state index contributed by atoms with van der Waals surface area (Å²) in [5.74, 6) is 0. The Balaban J connectivity index is 1.26. The summed E-state index contributed by atoms with van der Waals surface area (Å²) in [5.41, 5.74) is 11.4. The van der Waals surface area contributed by atoms with Crippen LogP contribution in [0.2, 0.25) is 0 Å². The van der Waals surface area contributed by atoms with Gasteiger partial charge in [0.25, 0.3) is 0 Å². The van der Waals surface area contributed by atoms with Gasteiger partial charge in [-0.3, -0.25) is 0 Å². The monoisotopic (exact) mass is 600 g/mol. The first-order valence-corrected chi connectivity index (χ1v) is 15.7. The molecule has 0 amide bonds. The van der Waals surface area contributed by atoms with Gasteiger partial charge in [-0.15, -0.1) is 0 Å². The molecule has 0 aliphatic heterocycles. The number of fused-ring (bicyclic) bond motifs is 10. The summed E-state index contributed by atoms with van der Waals surface area (Å²) in [4.78, 5) is 0. The third kappa shape index (κ3) is 3.75. The third-order valence-corrected chi connectivity index (χ3v) is 9.43. The summed E-state index contributed by atoms with van der Waals surface area (Å²) in [7, 11) is 0. The van der Waals surface area contributed by atoms with Crippen LogP contribution in [-0.2, 0) is 0 Å². The predicted molar refractivity (Wildman–Crippen MR) is 191 cm³/mol. The number of nitrogens with zero attached hydrogens (tertiary/aromatic N) is 2. The average Bonchev–Trinajstić information content (AvgIpc) is 3.80. The van der Waals surface area contributed by atoms with Crippen LogP contribution < -0.4 is 0 Å². The van der Waals surface area contributed by atoms with Crippen LogP contribution in [0.5, 0.6) is 0 Å². The van der Waals surface area contributed by atoms with Crippen LogP contribution in [0.3, 0.4) is 0 Å². The molecule has 0 saturated heterocycles. The van der Waals surface area contributed by atoms with Gasteiger partial charge in [0.2, 0.25) is 0 Å². The number of para-hydroxylation sites is 2. The van der Waals surface area contributed by atoms with Gasteiger partial charge in [0.1, 0.15) is 22.3 Å². The zero-order valence-corrected chi connectivity index (χ0v) is 25.1.